The predicted molar refractivity (Wildman–Crippen MR) is 82.6 cm³/mol. The molecular formula is C16H26N4. The van der Waals surface area contributed by atoms with Crippen molar-refractivity contribution in [3.05, 3.63) is 16.8 Å². The molecule has 0 bridgehead atoms. The second kappa shape index (κ2) is 8.52. The van der Waals surface area contributed by atoms with Crippen LogP contribution in [0, 0.1) is 31.1 Å². The van der Waals surface area contributed by atoms with Gasteiger partial charge in [-0.2, -0.15) is 10.4 Å². The lowest BCUT2D eigenvalue weighted by atomic mass is 10.0. The van der Waals surface area contributed by atoms with Crippen LogP contribution in [0.4, 0.5) is 5.82 Å². The highest BCUT2D eigenvalue weighted by Crippen LogP contribution is 2.17. The minimum absolute atomic E-state index is 0.623. The second-order valence-corrected chi connectivity index (χ2v) is 5.77. The minimum atomic E-state index is 0.623. The van der Waals surface area contributed by atoms with Gasteiger partial charge in [0.15, 0.2) is 5.82 Å². The van der Waals surface area contributed by atoms with E-state index in [9.17, 15) is 5.26 Å². The van der Waals surface area contributed by atoms with Gasteiger partial charge in [0.2, 0.25) is 0 Å². The van der Waals surface area contributed by atoms with Gasteiger partial charge < -0.3 is 5.32 Å². The molecule has 20 heavy (non-hydrogen) atoms. The SMILES string of the molecule is Cc1nnc(NCCCCCCC(C)C)c(C#N)c1C. The fourth-order valence-corrected chi connectivity index (χ4v) is 2.11. The van der Waals surface area contributed by atoms with Gasteiger partial charge in [0, 0.05) is 6.54 Å². The molecule has 0 aliphatic rings. The minimum Gasteiger partial charge on any atom is -0.367 e. The first-order valence-electron chi connectivity index (χ1n) is 7.54. The van der Waals surface area contributed by atoms with E-state index < -0.39 is 0 Å². The third kappa shape index (κ3) is 5.16. The van der Waals surface area contributed by atoms with Crippen molar-refractivity contribution in [2.75, 3.05) is 11.9 Å². The molecule has 4 nitrogen and oxygen atoms in total. The van der Waals surface area contributed by atoms with Crippen molar-refractivity contribution in [2.45, 2.75) is 59.8 Å². The van der Waals surface area contributed by atoms with Crippen molar-refractivity contribution in [3.63, 3.8) is 0 Å². The highest BCUT2D eigenvalue weighted by atomic mass is 15.2. The number of hydrogen-bond acceptors (Lipinski definition) is 4. The van der Waals surface area contributed by atoms with Crippen molar-refractivity contribution in [3.8, 4) is 6.07 Å². The van der Waals surface area contributed by atoms with Gasteiger partial charge in [-0.15, -0.1) is 5.10 Å². The summed E-state index contributed by atoms with van der Waals surface area (Å²) in [6.45, 7) is 9.18. The van der Waals surface area contributed by atoms with Crippen LogP contribution in [-0.4, -0.2) is 16.7 Å². The molecule has 0 atom stereocenters. The maximum absolute atomic E-state index is 9.19. The lowest BCUT2D eigenvalue weighted by Gasteiger charge is -2.09. The lowest BCUT2D eigenvalue weighted by Crippen LogP contribution is -2.08. The maximum Gasteiger partial charge on any atom is 0.166 e. The quantitative estimate of drug-likeness (QED) is 0.728. The van der Waals surface area contributed by atoms with Crippen molar-refractivity contribution in [1.82, 2.24) is 10.2 Å². The Morgan fingerprint density at radius 2 is 1.80 bits per heavy atom. The summed E-state index contributed by atoms with van der Waals surface area (Å²) in [6, 6.07) is 2.21. The van der Waals surface area contributed by atoms with Crippen molar-refractivity contribution in [2.24, 2.45) is 5.92 Å². The molecule has 1 heterocycles. The van der Waals surface area contributed by atoms with E-state index in [-0.39, 0.29) is 0 Å². The zero-order valence-electron chi connectivity index (χ0n) is 13.2. The number of anilines is 1. The molecule has 0 radical (unpaired) electrons. The van der Waals surface area contributed by atoms with Gasteiger partial charge >= 0.3 is 0 Å². The van der Waals surface area contributed by atoms with Crippen molar-refractivity contribution < 1.29 is 0 Å². The van der Waals surface area contributed by atoms with Gasteiger partial charge in [-0.3, -0.25) is 0 Å². The molecule has 0 saturated carbocycles. The van der Waals surface area contributed by atoms with Crippen LogP contribution in [0.1, 0.15) is 62.8 Å². The van der Waals surface area contributed by atoms with Gasteiger partial charge in [-0.05, 0) is 31.7 Å². The van der Waals surface area contributed by atoms with Gasteiger partial charge in [-0.25, -0.2) is 0 Å². The standard InChI is InChI=1S/C16H26N4/c1-12(2)9-7-5-6-8-10-18-16-15(11-17)13(3)14(4)19-20-16/h12H,5-10H2,1-4H3,(H,18,20). The first-order chi connectivity index (χ1) is 9.56. The Labute approximate surface area is 122 Å². The second-order valence-electron chi connectivity index (χ2n) is 5.77. The summed E-state index contributed by atoms with van der Waals surface area (Å²) in [6.07, 6.45) is 6.24. The third-order valence-corrected chi connectivity index (χ3v) is 3.57. The highest BCUT2D eigenvalue weighted by molar-refractivity contribution is 5.55. The molecule has 0 saturated heterocycles. The molecule has 0 aliphatic carbocycles. The molecule has 1 rings (SSSR count). The smallest absolute Gasteiger partial charge is 0.166 e. The number of aryl methyl sites for hydroxylation is 1. The largest absolute Gasteiger partial charge is 0.367 e. The monoisotopic (exact) mass is 274 g/mol. The van der Waals surface area contributed by atoms with Crippen LogP contribution in [-0.2, 0) is 0 Å². The fraction of sp³-hybridized carbons (Fsp3) is 0.688. The number of hydrogen-bond donors (Lipinski definition) is 1. The Kier molecular flexibility index (Phi) is 7.00. The Morgan fingerprint density at radius 1 is 1.10 bits per heavy atom. The molecule has 0 aliphatic heterocycles. The molecule has 0 aromatic carbocycles. The van der Waals surface area contributed by atoms with E-state index in [2.05, 4.69) is 35.4 Å². The lowest BCUT2D eigenvalue weighted by molar-refractivity contribution is 0.523. The average Bonchev–Trinajstić information content (AvgIpc) is 2.41. The maximum atomic E-state index is 9.19. The van der Waals surface area contributed by atoms with Crippen LogP contribution >= 0.6 is 0 Å². The van der Waals surface area contributed by atoms with Crippen LogP contribution in [0.3, 0.4) is 0 Å². The number of nitrogens with zero attached hydrogens (tertiary/aromatic N) is 3. The molecule has 0 fully saturated rings. The Balaban J connectivity index is 2.33. The van der Waals surface area contributed by atoms with Gasteiger partial charge in [-0.1, -0.05) is 39.5 Å². The summed E-state index contributed by atoms with van der Waals surface area (Å²) in [5, 5.41) is 20.6. The summed E-state index contributed by atoms with van der Waals surface area (Å²) in [5.74, 6) is 1.43. The third-order valence-electron chi connectivity index (χ3n) is 3.57. The number of rotatable bonds is 8. The Morgan fingerprint density at radius 3 is 2.45 bits per heavy atom. The fourth-order valence-electron chi connectivity index (χ4n) is 2.11. The van der Waals surface area contributed by atoms with Gasteiger partial charge in [0.05, 0.1) is 5.69 Å². The van der Waals surface area contributed by atoms with Crippen LogP contribution in [0.2, 0.25) is 0 Å². The molecule has 1 N–H and O–H groups in total. The normalized spacial score (nSPS) is 10.6. The Bertz CT molecular complexity index is 460. The topological polar surface area (TPSA) is 61.6 Å². The number of unbranched alkanes of at least 4 members (excludes halogenated alkanes) is 3. The van der Waals surface area contributed by atoms with Gasteiger partial charge in [0.25, 0.3) is 0 Å². The molecule has 1 aromatic heterocycles. The van der Waals surface area contributed by atoms with E-state index in [0.29, 0.717) is 11.4 Å². The molecule has 110 valence electrons. The van der Waals surface area contributed by atoms with Gasteiger partial charge in [0.1, 0.15) is 11.6 Å². The Hall–Kier alpha value is -1.63. The zero-order chi connectivity index (χ0) is 15.0. The molecule has 0 amide bonds. The van der Waals surface area contributed by atoms with E-state index in [0.717, 1.165) is 30.1 Å². The van der Waals surface area contributed by atoms with E-state index in [4.69, 9.17) is 0 Å². The molecule has 0 unspecified atom stereocenters. The molecule has 4 heteroatoms. The zero-order valence-corrected chi connectivity index (χ0v) is 13.2. The highest BCUT2D eigenvalue weighted by Gasteiger charge is 2.09. The number of nitriles is 1. The number of nitrogens with one attached hydrogen (secondary N) is 1. The predicted octanol–water partition coefficient (Wildman–Crippen LogP) is 3.98. The first-order valence-corrected chi connectivity index (χ1v) is 7.54. The summed E-state index contributed by atoms with van der Waals surface area (Å²) in [7, 11) is 0. The summed E-state index contributed by atoms with van der Waals surface area (Å²) < 4.78 is 0. The number of aromatic nitrogens is 2. The first kappa shape index (κ1) is 16.4. The van der Waals surface area contributed by atoms with E-state index in [1.165, 1.54) is 25.7 Å². The van der Waals surface area contributed by atoms with Crippen molar-refractivity contribution >= 4 is 5.82 Å². The van der Waals surface area contributed by atoms with Crippen LogP contribution < -0.4 is 5.32 Å². The van der Waals surface area contributed by atoms with Crippen LogP contribution in [0.5, 0.6) is 0 Å². The van der Waals surface area contributed by atoms with E-state index in [1.807, 2.05) is 13.8 Å². The summed E-state index contributed by atoms with van der Waals surface area (Å²) >= 11 is 0. The molecule has 0 spiro atoms. The summed E-state index contributed by atoms with van der Waals surface area (Å²) in [4.78, 5) is 0. The molecule has 1 aromatic rings. The average molecular weight is 274 g/mol. The molecular weight excluding hydrogens is 248 g/mol. The van der Waals surface area contributed by atoms with Crippen LogP contribution in [0.25, 0.3) is 0 Å². The van der Waals surface area contributed by atoms with Crippen molar-refractivity contribution in [1.29, 1.82) is 5.26 Å². The summed E-state index contributed by atoms with van der Waals surface area (Å²) in [5.41, 5.74) is 2.36. The van der Waals surface area contributed by atoms with Crippen LogP contribution in [0.15, 0.2) is 0 Å². The van der Waals surface area contributed by atoms with E-state index >= 15 is 0 Å². The van der Waals surface area contributed by atoms with E-state index in [1.54, 1.807) is 0 Å².